The van der Waals surface area contributed by atoms with E-state index in [0.29, 0.717) is 43.1 Å². The van der Waals surface area contributed by atoms with Gasteiger partial charge in [-0.15, -0.1) is 0 Å². The Morgan fingerprint density at radius 2 is 1.69 bits per heavy atom. The SMILES string of the molecule is COc1cc(OC)c(CCNC(=O)C2CCCC(C(=O)O)C2)c(OC)c1. The standard InChI is InChI=1S/C19H27NO6/c1-24-14-10-16(25-2)15(17(11-14)26-3)7-8-20-18(21)12-5-4-6-13(9-12)19(22)23/h10-13H,4-9H2,1-3H3,(H,20,21)(H,22,23). The van der Waals surface area contributed by atoms with Gasteiger partial charge < -0.3 is 24.6 Å². The number of rotatable bonds is 8. The fourth-order valence-corrected chi connectivity index (χ4v) is 3.43. The zero-order chi connectivity index (χ0) is 19.1. The van der Waals surface area contributed by atoms with Crippen LogP contribution in [0.4, 0.5) is 0 Å². The number of hydrogen-bond acceptors (Lipinski definition) is 5. The normalized spacial score (nSPS) is 19.5. The third kappa shape index (κ3) is 4.80. The molecule has 144 valence electrons. The fraction of sp³-hybridized carbons (Fsp3) is 0.579. The Morgan fingerprint density at radius 3 is 2.23 bits per heavy atom. The maximum absolute atomic E-state index is 12.4. The molecule has 7 nitrogen and oxygen atoms in total. The number of methoxy groups -OCH3 is 3. The Kier molecular flexibility index (Phi) is 7.12. The number of hydrogen-bond donors (Lipinski definition) is 2. The Balaban J connectivity index is 1.96. The molecule has 2 unspecified atom stereocenters. The minimum Gasteiger partial charge on any atom is -0.496 e. The van der Waals surface area contributed by atoms with Gasteiger partial charge in [0.25, 0.3) is 0 Å². The van der Waals surface area contributed by atoms with E-state index >= 15 is 0 Å². The average molecular weight is 365 g/mol. The zero-order valence-corrected chi connectivity index (χ0v) is 15.5. The van der Waals surface area contributed by atoms with Crippen molar-refractivity contribution >= 4 is 11.9 Å². The van der Waals surface area contributed by atoms with Crippen LogP contribution in [0.25, 0.3) is 0 Å². The number of amides is 1. The monoisotopic (exact) mass is 365 g/mol. The highest BCUT2D eigenvalue weighted by Gasteiger charge is 2.30. The molecule has 1 aliphatic rings. The number of carbonyl (C=O) groups excluding carboxylic acids is 1. The van der Waals surface area contributed by atoms with E-state index in [9.17, 15) is 9.59 Å². The van der Waals surface area contributed by atoms with Crippen molar-refractivity contribution in [2.45, 2.75) is 32.1 Å². The highest BCUT2D eigenvalue weighted by Crippen LogP contribution is 2.34. The molecule has 1 fully saturated rings. The molecule has 0 aliphatic heterocycles. The molecular formula is C19H27NO6. The van der Waals surface area contributed by atoms with Crippen molar-refractivity contribution in [2.75, 3.05) is 27.9 Å². The number of carbonyl (C=O) groups is 2. The summed E-state index contributed by atoms with van der Waals surface area (Å²) in [6.07, 6.45) is 3.12. The minimum atomic E-state index is -0.810. The van der Waals surface area contributed by atoms with Crippen molar-refractivity contribution in [2.24, 2.45) is 11.8 Å². The molecule has 1 aliphatic carbocycles. The second-order valence-electron chi connectivity index (χ2n) is 6.45. The molecule has 2 rings (SSSR count). The molecule has 2 N–H and O–H groups in total. The maximum atomic E-state index is 12.4. The smallest absolute Gasteiger partial charge is 0.306 e. The molecular weight excluding hydrogens is 338 g/mol. The number of aliphatic carboxylic acids is 1. The molecule has 7 heteroatoms. The first-order valence-electron chi connectivity index (χ1n) is 8.79. The lowest BCUT2D eigenvalue weighted by Crippen LogP contribution is -2.36. The van der Waals surface area contributed by atoms with Crippen LogP contribution in [-0.2, 0) is 16.0 Å². The predicted molar refractivity (Wildman–Crippen MR) is 95.9 cm³/mol. The first-order chi connectivity index (χ1) is 12.5. The van der Waals surface area contributed by atoms with Crippen LogP contribution in [0.1, 0.15) is 31.2 Å². The van der Waals surface area contributed by atoms with Gasteiger partial charge >= 0.3 is 5.97 Å². The van der Waals surface area contributed by atoms with E-state index in [1.807, 2.05) is 0 Å². The molecule has 0 radical (unpaired) electrons. The van der Waals surface area contributed by atoms with Crippen molar-refractivity contribution in [3.05, 3.63) is 17.7 Å². The summed E-state index contributed by atoms with van der Waals surface area (Å²) in [5.41, 5.74) is 0.850. The highest BCUT2D eigenvalue weighted by atomic mass is 16.5. The lowest BCUT2D eigenvalue weighted by molar-refractivity contribution is -0.144. The van der Waals surface area contributed by atoms with Gasteiger partial charge in [-0.3, -0.25) is 9.59 Å². The largest absolute Gasteiger partial charge is 0.496 e. The van der Waals surface area contributed by atoms with Gasteiger partial charge in [-0.2, -0.15) is 0 Å². The summed E-state index contributed by atoms with van der Waals surface area (Å²) in [6.45, 7) is 0.423. The van der Waals surface area contributed by atoms with Crippen LogP contribution in [0.3, 0.4) is 0 Å². The van der Waals surface area contributed by atoms with Crippen LogP contribution in [0.2, 0.25) is 0 Å². The van der Waals surface area contributed by atoms with E-state index in [0.717, 1.165) is 18.4 Å². The summed E-state index contributed by atoms with van der Waals surface area (Å²) < 4.78 is 16.0. The van der Waals surface area contributed by atoms with Gasteiger partial charge in [-0.25, -0.2) is 0 Å². The number of nitrogens with one attached hydrogen (secondary N) is 1. The van der Waals surface area contributed by atoms with Crippen molar-refractivity contribution in [1.82, 2.24) is 5.32 Å². The predicted octanol–water partition coefficient (Wildman–Crippen LogP) is 2.26. The lowest BCUT2D eigenvalue weighted by Gasteiger charge is -2.25. The van der Waals surface area contributed by atoms with Gasteiger partial charge in [-0.05, 0) is 25.7 Å². The molecule has 2 atom stereocenters. The number of carboxylic acids is 1. The Labute approximate surface area is 153 Å². The van der Waals surface area contributed by atoms with Gasteiger partial charge in [0.1, 0.15) is 17.2 Å². The van der Waals surface area contributed by atoms with E-state index in [4.69, 9.17) is 19.3 Å². The second-order valence-corrected chi connectivity index (χ2v) is 6.45. The molecule has 0 aromatic heterocycles. The quantitative estimate of drug-likeness (QED) is 0.734. The summed E-state index contributed by atoms with van der Waals surface area (Å²) in [5.74, 6) is 0.370. The molecule has 1 aromatic carbocycles. The van der Waals surface area contributed by atoms with Gasteiger partial charge in [-0.1, -0.05) is 6.42 Å². The minimum absolute atomic E-state index is 0.0811. The van der Waals surface area contributed by atoms with Gasteiger partial charge in [0.15, 0.2) is 0 Å². The summed E-state index contributed by atoms with van der Waals surface area (Å²) in [5, 5.41) is 12.1. The number of ether oxygens (including phenoxy) is 3. The third-order valence-electron chi connectivity index (χ3n) is 4.89. The van der Waals surface area contributed by atoms with E-state index in [2.05, 4.69) is 5.32 Å². The van der Waals surface area contributed by atoms with Crippen LogP contribution < -0.4 is 19.5 Å². The van der Waals surface area contributed by atoms with Gasteiger partial charge in [0.2, 0.25) is 5.91 Å². The Morgan fingerprint density at radius 1 is 1.08 bits per heavy atom. The molecule has 1 saturated carbocycles. The average Bonchev–Trinajstić information content (AvgIpc) is 2.67. The lowest BCUT2D eigenvalue weighted by atomic mass is 9.81. The number of carboxylic acid groups (broad SMARTS) is 1. The molecule has 26 heavy (non-hydrogen) atoms. The van der Waals surface area contributed by atoms with Crippen molar-refractivity contribution in [1.29, 1.82) is 0 Å². The molecule has 0 spiro atoms. The van der Waals surface area contributed by atoms with Gasteiger partial charge in [0, 0.05) is 30.2 Å². The van der Waals surface area contributed by atoms with E-state index in [1.165, 1.54) is 0 Å². The van der Waals surface area contributed by atoms with Gasteiger partial charge in [0.05, 0.1) is 27.2 Å². The summed E-state index contributed by atoms with van der Waals surface area (Å²) >= 11 is 0. The molecule has 0 heterocycles. The van der Waals surface area contributed by atoms with Crippen molar-refractivity contribution < 1.29 is 28.9 Å². The zero-order valence-electron chi connectivity index (χ0n) is 15.5. The van der Waals surface area contributed by atoms with Crippen molar-refractivity contribution in [3.63, 3.8) is 0 Å². The number of benzene rings is 1. The van der Waals surface area contributed by atoms with Crippen molar-refractivity contribution in [3.8, 4) is 17.2 Å². The van der Waals surface area contributed by atoms with E-state index in [-0.39, 0.29) is 11.8 Å². The van der Waals surface area contributed by atoms with Crippen LogP contribution >= 0.6 is 0 Å². The fourth-order valence-electron chi connectivity index (χ4n) is 3.43. The molecule has 0 bridgehead atoms. The van der Waals surface area contributed by atoms with E-state index in [1.54, 1.807) is 33.5 Å². The molecule has 1 amide bonds. The third-order valence-corrected chi connectivity index (χ3v) is 4.89. The Hall–Kier alpha value is -2.44. The maximum Gasteiger partial charge on any atom is 0.306 e. The Bertz CT molecular complexity index is 620. The summed E-state index contributed by atoms with van der Waals surface area (Å²) in [6, 6.07) is 3.55. The molecule has 1 aromatic rings. The highest BCUT2D eigenvalue weighted by molar-refractivity contribution is 5.80. The van der Waals surface area contributed by atoms with Crippen LogP contribution in [0.5, 0.6) is 17.2 Å². The van der Waals surface area contributed by atoms with Crippen LogP contribution in [-0.4, -0.2) is 44.9 Å². The molecule has 0 saturated heterocycles. The van der Waals surface area contributed by atoms with Crippen LogP contribution in [0, 0.1) is 11.8 Å². The first-order valence-corrected chi connectivity index (χ1v) is 8.79. The first kappa shape index (κ1) is 19.9. The summed E-state index contributed by atoms with van der Waals surface area (Å²) in [7, 11) is 4.72. The summed E-state index contributed by atoms with van der Waals surface area (Å²) in [4.78, 5) is 23.5. The van der Waals surface area contributed by atoms with Crippen LogP contribution in [0.15, 0.2) is 12.1 Å². The second kappa shape index (κ2) is 9.31. The topological polar surface area (TPSA) is 94.1 Å². The van der Waals surface area contributed by atoms with E-state index < -0.39 is 11.9 Å².